The highest BCUT2D eigenvalue weighted by atomic mass is 16.5. The summed E-state index contributed by atoms with van der Waals surface area (Å²) in [4.78, 5) is 11.9. The van der Waals surface area contributed by atoms with Gasteiger partial charge in [-0.3, -0.25) is 4.79 Å². The number of rotatable bonds is 3. The summed E-state index contributed by atoms with van der Waals surface area (Å²) in [5, 5.41) is 0. The molecule has 1 saturated heterocycles. The Balaban J connectivity index is 1.51. The number of ketones is 1. The van der Waals surface area contributed by atoms with Crippen LogP contribution in [0.1, 0.15) is 32.1 Å². The van der Waals surface area contributed by atoms with Gasteiger partial charge in [0.25, 0.3) is 0 Å². The monoisotopic (exact) mass is 194 g/mol. The van der Waals surface area contributed by atoms with E-state index in [1.165, 1.54) is 25.7 Å². The summed E-state index contributed by atoms with van der Waals surface area (Å²) in [6.45, 7) is 1.71. The lowest BCUT2D eigenvalue weighted by Gasteiger charge is -2.08. The van der Waals surface area contributed by atoms with Crippen LogP contribution in [0.2, 0.25) is 0 Å². The van der Waals surface area contributed by atoms with Crippen LogP contribution in [0.3, 0.4) is 0 Å². The van der Waals surface area contributed by atoms with Crippen molar-refractivity contribution in [3.8, 4) is 0 Å². The molecule has 78 valence electrons. The van der Waals surface area contributed by atoms with Crippen LogP contribution >= 0.6 is 0 Å². The van der Waals surface area contributed by atoms with Gasteiger partial charge in [-0.2, -0.15) is 0 Å². The van der Waals surface area contributed by atoms with Crippen molar-refractivity contribution in [3.63, 3.8) is 0 Å². The Morgan fingerprint density at radius 3 is 2.43 bits per heavy atom. The first-order valence-corrected chi connectivity index (χ1v) is 5.96. The van der Waals surface area contributed by atoms with E-state index in [-0.39, 0.29) is 0 Å². The Labute approximate surface area is 85.0 Å². The Morgan fingerprint density at radius 1 is 1.14 bits per heavy atom. The summed E-state index contributed by atoms with van der Waals surface area (Å²) in [5.41, 5.74) is 0. The van der Waals surface area contributed by atoms with Gasteiger partial charge in [0.1, 0.15) is 5.78 Å². The van der Waals surface area contributed by atoms with E-state index in [1.54, 1.807) is 0 Å². The fourth-order valence-electron chi connectivity index (χ4n) is 3.35. The van der Waals surface area contributed by atoms with Crippen molar-refractivity contribution in [1.82, 2.24) is 0 Å². The van der Waals surface area contributed by atoms with Crippen molar-refractivity contribution in [3.05, 3.63) is 0 Å². The minimum atomic E-state index is 0.407. The molecule has 0 aromatic rings. The average molecular weight is 194 g/mol. The molecule has 1 heterocycles. The molecule has 2 unspecified atom stereocenters. The van der Waals surface area contributed by atoms with E-state index in [4.69, 9.17) is 4.74 Å². The predicted octanol–water partition coefficient (Wildman–Crippen LogP) is 2.03. The molecule has 2 nitrogen and oxygen atoms in total. The molecule has 0 aromatic heterocycles. The van der Waals surface area contributed by atoms with Crippen LogP contribution in [-0.2, 0) is 9.53 Å². The van der Waals surface area contributed by atoms with Gasteiger partial charge in [0, 0.05) is 12.3 Å². The standard InChI is InChI=1S/C12H18O2/c13-11(5-8-3-1-2-4-8)12-9-6-14-7-10(9)12/h8-10,12H,1-7H2. The maximum atomic E-state index is 11.9. The molecule has 0 amide bonds. The highest BCUT2D eigenvalue weighted by Gasteiger charge is 2.57. The number of Topliss-reactive ketones (excluding diaryl/α,β-unsaturated/α-hetero) is 1. The van der Waals surface area contributed by atoms with Gasteiger partial charge >= 0.3 is 0 Å². The highest BCUT2D eigenvalue weighted by molar-refractivity contribution is 5.84. The van der Waals surface area contributed by atoms with Gasteiger partial charge in [-0.15, -0.1) is 0 Å². The molecule has 0 bridgehead atoms. The largest absolute Gasteiger partial charge is 0.381 e. The molecular formula is C12H18O2. The lowest BCUT2D eigenvalue weighted by Crippen LogP contribution is -2.12. The first-order valence-electron chi connectivity index (χ1n) is 5.96. The highest BCUT2D eigenvalue weighted by Crippen LogP contribution is 2.52. The predicted molar refractivity (Wildman–Crippen MR) is 52.9 cm³/mol. The molecule has 0 spiro atoms. The zero-order chi connectivity index (χ0) is 9.54. The second-order valence-electron chi connectivity index (χ2n) is 5.21. The van der Waals surface area contributed by atoms with Crippen LogP contribution in [-0.4, -0.2) is 19.0 Å². The van der Waals surface area contributed by atoms with E-state index < -0.39 is 0 Å². The number of hydrogen-bond acceptors (Lipinski definition) is 2. The molecule has 0 aromatic carbocycles. The molecule has 2 heteroatoms. The smallest absolute Gasteiger partial charge is 0.137 e. The summed E-state index contributed by atoms with van der Waals surface area (Å²) in [6, 6.07) is 0. The van der Waals surface area contributed by atoms with Gasteiger partial charge in [-0.1, -0.05) is 25.7 Å². The summed E-state index contributed by atoms with van der Waals surface area (Å²) >= 11 is 0. The van der Waals surface area contributed by atoms with E-state index in [1.807, 2.05) is 0 Å². The number of fused-ring (bicyclic) bond motifs is 1. The minimum Gasteiger partial charge on any atom is -0.381 e. The van der Waals surface area contributed by atoms with E-state index in [9.17, 15) is 4.79 Å². The van der Waals surface area contributed by atoms with Crippen LogP contribution in [0.15, 0.2) is 0 Å². The van der Waals surface area contributed by atoms with Gasteiger partial charge in [-0.25, -0.2) is 0 Å². The average Bonchev–Trinajstić information content (AvgIpc) is 2.63. The SMILES string of the molecule is O=C(CC1CCCC1)C1C2COCC21. The molecule has 3 aliphatic rings. The summed E-state index contributed by atoms with van der Waals surface area (Å²) in [7, 11) is 0. The lowest BCUT2D eigenvalue weighted by atomic mass is 9.98. The molecule has 1 aliphatic heterocycles. The van der Waals surface area contributed by atoms with Crippen LogP contribution in [0.5, 0.6) is 0 Å². The molecule has 0 radical (unpaired) electrons. The van der Waals surface area contributed by atoms with Crippen LogP contribution in [0, 0.1) is 23.7 Å². The van der Waals surface area contributed by atoms with Crippen molar-refractivity contribution in [2.24, 2.45) is 23.7 Å². The summed E-state index contributed by atoms with van der Waals surface area (Å²) in [6.07, 6.45) is 6.16. The molecule has 3 fully saturated rings. The normalized spacial score (nSPS) is 41.3. The van der Waals surface area contributed by atoms with Crippen molar-refractivity contribution >= 4 is 5.78 Å². The molecule has 2 saturated carbocycles. The zero-order valence-electron chi connectivity index (χ0n) is 8.58. The van der Waals surface area contributed by atoms with Crippen LogP contribution < -0.4 is 0 Å². The fourth-order valence-corrected chi connectivity index (χ4v) is 3.35. The Bertz CT molecular complexity index is 233. The third kappa shape index (κ3) is 1.40. The van der Waals surface area contributed by atoms with E-state index in [0.717, 1.165) is 25.6 Å². The third-order valence-electron chi connectivity index (χ3n) is 4.29. The number of ether oxygens (including phenoxy) is 1. The van der Waals surface area contributed by atoms with Crippen molar-refractivity contribution in [2.45, 2.75) is 32.1 Å². The Morgan fingerprint density at radius 2 is 1.79 bits per heavy atom. The topological polar surface area (TPSA) is 26.3 Å². The first-order chi connectivity index (χ1) is 6.86. The van der Waals surface area contributed by atoms with Crippen LogP contribution in [0.25, 0.3) is 0 Å². The molecule has 2 atom stereocenters. The van der Waals surface area contributed by atoms with Crippen molar-refractivity contribution in [2.75, 3.05) is 13.2 Å². The van der Waals surface area contributed by atoms with Gasteiger partial charge in [0.15, 0.2) is 0 Å². The second kappa shape index (κ2) is 3.34. The first kappa shape index (κ1) is 8.90. The molecule has 2 aliphatic carbocycles. The second-order valence-corrected chi connectivity index (χ2v) is 5.21. The zero-order valence-corrected chi connectivity index (χ0v) is 8.58. The van der Waals surface area contributed by atoms with E-state index >= 15 is 0 Å². The maximum Gasteiger partial charge on any atom is 0.137 e. The lowest BCUT2D eigenvalue weighted by molar-refractivity contribution is -0.122. The van der Waals surface area contributed by atoms with Gasteiger partial charge in [0.2, 0.25) is 0 Å². The Hall–Kier alpha value is -0.370. The van der Waals surface area contributed by atoms with Crippen LogP contribution in [0.4, 0.5) is 0 Å². The number of carbonyl (C=O) groups is 1. The Kier molecular flexibility index (Phi) is 2.12. The number of carbonyl (C=O) groups excluding carboxylic acids is 1. The molecular weight excluding hydrogens is 176 g/mol. The minimum absolute atomic E-state index is 0.407. The molecule has 14 heavy (non-hydrogen) atoms. The fraction of sp³-hybridized carbons (Fsp3) is 0.917. The summed E-state index contributed by atoms with van der Waals surface area (Å²) < 4.78 is 5.30. The van der Waals surface area contributed by atoms with Gasteiger partial charge < -0.3 is 4.74 Å². The van der Waals surface area contributed by atoms with Crippen molar-refractivity contribution < 1.29 is 9.53 Å². The number of hydrogen-bond donors (Lipinski definition) is 0. The summed E-state index contributed by atoms with van der Waals surface area (Å²) in [5.74, 6) is 2.91. The van der Waals surface area contributed by atoms with Gasteiger partial charge in [-0.05, 0) is 17.8 Å². The third-order valence-corrected chi connectivity index (χ3v) is 4.29. The molecule has 3 rings (SSSR count). The molecule has 0 N–H and O–H groups in total. The maximum absolute atomic E-state index is 11.9. The van der Waals surface area contributed by atoms with Gasteiger partial charge in [0.05, 0.1) is 13.2 Å². The quantitative estimate of drug-likeness (QED) is 0.687. The van der Waals surface area contributed by atoms with E-state index in [0.29, 0.717) is 23.5 Å². The van der Waals surface area contributed by atoms with Crippen molar-refractivity contribution in [1.29, 1.82) is 0 Å². The van der Waals surface area contributed by atoms with E-state index in [2.05, 4.69) is 0 Å².